The van der Waals surface area contributed by atoms with Gasteiger partial charge in [-0.05, 0) is 43.0 Å². The molecule has 1 aromatic heterocycles. The average molecular weight is 632 g/mol. The number of nitrogens with zero attached hydrogens (tertiary/aromatic N) is 4. The Hall–Kier alpha value is -5.20. The highest BCUT2D eigenvalue weighted by atomic mass is 16.6. The zero-order valence-electron chi connectivity index (χ0n) is 25.6. The van der Waals surface area contributed by atoms with Gasteiger partial charge in [0.25, 0.3) is 11.8 Å². The van der Waals surface area contributed by atoms with Crippen LogP contribution in [-0.4, -0.2) is 107 Å². The molecule has 46 heavy (non-hydrogen) atoms. The van der Waals surface area contributed by atoms with E-state index in [0.717, 1.165) is 12.0 Å². The molecule has 1 atom stereocenters. The topological polar surface area (TPSA) is 159 Å². The predicted octanol–water partition coefficient (Wildman–Crippen LogP) is 2.46. The summed E-state index contributed by atoms with van der Waals surface area (Å²) in [6, 6.07) is 15.3. The van der Waals surface area contributed by atoms with Crippen LogP contribution in [0.2, 0.25) is 0 Å². The molecule has 2 N–H and O–H groups in total. The molecular weight excluding hydrogens is 594 g/mol. The van der Waals surface area contributed by atoms with Crippen molar-refractivity contribution in [2.24, 2.45) is 0 Å². The minimum absolute atomic E-state index is 0.0479. The van der Waals surface area contributed by atoms with Gasteiger partial charge in [-0.15, -0.1) is 0 Å². The van der Waals surface area contributed by atoms with Crippen molar-refractivity contribution in [2.45, 2.75) is 38.8 Å². The number of aromatic nitrogens is 1. The van der Waals surface area contributed by atoms with E-state index in [-0.39, 0.29) is 69.6 Å². The van der Waals surface area contributed by atoms with Crippen molar-refractivity contribution in [3.8, 4) is 5.75 Å². The number of hydrogen-bond acceptors (Lipinski definition) is 8. The van der Waals surface area contributed by atoms with Gasteiger partial charge in [0.05, 0.1) is 12.1 Å². The number of nitrogens with one attached hydrogen (secondary N) is 1. The minimum atomic E-state index is -1.14. The highest BCUT2D eigenvalue weighted by Crippen LogP contribution is 2.26. The molecule has 5 rings (SSSR count). The van der Waals surface area contributed by atoms with E-state index in [1.54, 1.807) is 36.1 Å². The number of fused-ring (bicyclic) bond motifs is 2. The zero-order chi connectivity index (χ0) is 32.6. The highest BCUT2D eigenvalue weighted by Gasteiger charge is 2.31. The van der Waals surface area contributed by atoms with Gasteiger partial charge in [-0.1, -0.05) is 36.4 Å². The Morgan fingerprint density at radius 2 is 1.61 bits per heavy atom. The molecule has 0 saturated carbocycles. The molecule has 0 bridgehead atoms. The average Bonchev–Trinajstić information content (AvgIpc) is 3.08. The summed E-state index contributed by atoms with van der Waals surface area (Å²) in [7, 11) is 0. The second-order valence-corrected chi connectivity index (χ2v) is 11.1. The molecule has 2 aromatic carbocycles. The Bertz CT molecular complexity index is 1620. The maximum absolute atomic E-state index is 13.5. The third kappa shape index (κ3) is 7.71. The maximum atomic E-state index is 13.5. The highest BCUT2D eigenvalue weighted by molar-refractivity contribution is 5.99. The van der Waals surface area contributed by atoms with Crippen molar-refractivity contribution in [3.63, 3.8) is 0 Å². The van der Waals surface area contributed by atoms with Crippen molar-refractivity contribution >= 4 is 40.7 Å². The van der Waals surface area contributed by atoms with Crippen molar-refractivity contribution in [1.82, 2.24) is 25.0 Å². The first-order valence-electron chi connectivity index (χ1n) is 15.3. The Kier molecular flexibility index (Phi) is 10.3. The number of carbonyl (C=O) groups is 5. The number of benzene rings is 2. The number of hydrogen-bond donors (Lipinski definition) is 2. The fourth-order valence-electron chi connectivity index (χ4n) is 5.62. The first-order chi connectivity index (χ1) is 22.2. The first-order valence-corrected chi connectivity index (χ1v) is 15.3. The van der Waals surface area contributed by atoms with Crippen LogP contribution < -0.4 is 10.1 Å². The second kappa shape index (κ2) is 14.7. The predicted molar refractivity (Wildman–Crippen MR) is 166 cm³/mol. The van der Waals surface area contributed by atoms with Crippen LogP contribution in [0.4, 0.5) is 4.79 Å². The van der Waals surface area contributed by atoms with Gasteiger partial charge in [-0.2, -0.15) is 0 Å². The molecule has 1 fully saturated rings. The number of ether oxygens (including phenoxy) is 2. The van der Waals surface area contributed by atoms with E-state index in [4.69, 9.17) is 9.47 Å². The molecule has 13 nitrogen and oxygen atoms in total. The lowest BCUT2D eigenvalue weighted by atomic mass is 10.00. The van der Waals surface area contributed by atoms with Crippen LogP contribution in [0.25, 0.3) is 10.9 Å². The third-order valence-electron chi connectivity index (χ3n) is 8.11. The van der Waals surface area contributed by atoms with Gasteiger partial charge in [0, 0.05) is 57.1 Å². The maximum Gasteiger partial charge on any atom is 0.409 e. The van der Waals surface area contributed by atoms with Crippen LogP contribution in [0.1, 0.15) is 41.4 Å². The number of pyridine rings is 1. The summed E-state index contributed by atoms with van der Waals surface area (Å²) in [5, 5.41) is 12.6. The summed E-state index contributed by atoms with van der Waals surface area (Å²) in [5.41, 5.74) is 2.73. The number of amides is 4. The molecule has 1 saturated heterocycles. The summed E-state index contributed by atoms with van der Waals surface area (Å²) >= 11 is 0. The molecule has 3 heterocycles. The number of rotatable bonds is 10. The number of carbonyl (C=O) groups excluding carboxylic acids is 4. The third-order valence-corrected chi connectivity index (χ3v) is 8.11. The fourth-order valence-corrected chi connectivity index (χ4v) is 5.62. The van der Waals surface area contributed by atoms with Crippen LogP contribution in [0.5, 0.6) is 5.75 Å². The van der Waals surface area contributed by atoms with Gasteiger partial charge >= 0.3 is 12.1 Å². The lowest BCUT2D eigenvalue weighted by molar-refractivity contribution is -0.138. The second-order valence-electron chi connectivity index (χ2n) is 11.1. The molecule has 3 aromatic rings. The molecule has 0 unspecified atom stereocenters. The van der Waals surface area contributed by atoms with E-state index in [0.29, 0.717) is 24.0 Å². The van der Waals surface area contributed by atoms with Crippen LogP contribution in [0.3, 0.4) is 0 Å². The van der Waals surface area contributed by atoms with Gasteiger partial charge in [-0.3, -0.25) is 19.2 Å². The van der Waals surface area contributed by atoms with Crippen molar-refractivity contribution < 1.29 is 38.6 Å². The number of piperazine rings is 1. The van der Waals surface area contributed by atoms with Crippen LogP contribution in [0, 0.1) is 0 Å². The summed E-state index contributed by atoms with van der Waals surface area (Å²) in [6.45, 7) is 3.69. The molecule has 0 spiro atoms. The molecular formula is C33H37N5O8. The Morgan fingerprint density at radius 1 is 0.913 bits per heavy atom. The van der Waals surface area contributed by atoms with E-state index in [1.807, 2.05) is 18.2 Å². The summed E-state index contributed by atoms with van der Waals surface area (Å²) in [5.74, 6) is -2.16. The van der Waals surface area contributed by atoms with E-state index in [2.05, 4.69) is 16.4 Å². The molecule has 0 radical (unpaired) electrons. The number of aliphatic carboxylic acids is 1. The van der Waals surface area contributed by atoms with Crippen LogP contribution in [0.15, 0.2) is 54.6 Å². The molecule has 2 aliphatic heterocycles. The van der Waals surface area contributed by atoms with Gasteiger partial charge in [0.15, 0.2) is 6.61 Å². The van der Waals surface area contributed by atoms with E-state index in [9.17, 15) is 29.1 Å². The summed E-state index contributed by atoms with van der Waals surface area (Å²) in [6.07, 6.45) is -0.189. The van der Waals surface area contributed by atoms with Crippen LogP contribution in [-0.2, 0) is 32.1 Å². The molecule has 0 aliphatic carbocycles. The molecule has 13 heteroatoms. The lowest BCUT2D eigenvalue weighted by Crippen LogP contribution is -2.56. The number of carboxylic acids is 1. The SMILES string of the molecule is CCOC(=O)N1CCN(C(=O)[C@H](CCC(=O)O)NC(=O)c2cc(OCC(=O)N3CCc4ccccc4C3)c3ccccc3n2)CC1. The van der Waals surface area contributed by atoms with Crippen LogP contribution >= 0.6 is 0 Å². The summed E-state index contributed by atoms with van der Waals surface area (Å²) < 4.78 is 11.0. The zero-order valence-corrected chi connectivity index (χ0v) is 25.6. The molecule has 4 amide bonds. The van der Waals surface area contributed by atoms with E-state index >= 15 is 0 Å². The number of carboxylic acid groups (broad SMARTS) is 1. The largest absolute Gasteiger partial charge is 0.483 e. The van der Waals surface area contributed by atoms with Gasteiger partial charge in [0.2, 0.25) is 5.91 Å². The smallest absolute Gasteiger partial charge is 0.409 e. The Labute approximate surface area is 266 Å². The molecule has 242 valence electrons. The lowest BCUT2D eigenvalue weighted by Gasteiger charge is -2.35. The van der Waals surface area contributed by atoms with Crippen molar-refractivity contribution in [1.29, 1.82) is 0 Å². The Morgan fingerprint density at radius 3 is 2.35 bits per heavy atom. The normalized spacial score (nSPS) is 15.1. The number of para-hydroxylation sites is 1. The van der Waals surface area contributed by atoms with Gasteiger partial charge in [-0.25, -0.2) is 9.78 Å². The fraction of sp³-hybridized carbons (Fsp3) is 0.394. The van der Waals surface area contributed by atoms with Crippen molar-refractivity contribution in [3.05, 3.63) is 71.4 Å². The van der Waals surface area contributed by atoms with Crippen molar-refractivity contribution in [2.75, 3.05) is 45.9 Å². The summed E-state index contributed by atoms with van der Waals surface area (Å²) in [4.78, 5) is 72.7. The Balaban J connectivity index is 1.28. The molecule has 2 aliphatic rings. The standard InChI is InChI=1S/C33H37N5O8/c1-2-45-33(44)37-17-15-36(16-18-37)32(43)26(11-12-30(40)41)35-31(42)27-19-28(24-9-5-6-10-25(24)34-27)46-21-29(39)38-14-13-22-7-3-4-8-23(22)20-38/h3-10,19,26H,2,11-18,20-21H2,1H3,(H,35,42)(H,40,41)/t26-/m0/s1. The minimum Gasteiger partial charge on any atom is -0.483 e. The monoisotopic (exact) mass is 631 g/mol. The quantitative estimate of drug-likeness (QED) is 0.343. The van der Waals surface area contributed by atoms with Gasteiger partial charge < -0.3 is 34.6 Å². The van der Waals surface area contributed by atoms with Gasteiger partial charge in [0.1, 0.15) is 17.5 Å². The van der Waals surface area contributed by atoms with E-state index in [1.165, 1.54) is 21.4 Å². The van der Waals surface area contributed by atoms with E-state index < -0.39 is 29.9 Å². The first kappa shape index (κ1) is 32.2.